The van der Waals surface area contributed by atoms with Crippen molar-refractivity contribution in [2.24, 2.45) is 11.3 Å². The van der Waals surface area contributed by atoms with Crippen molar-refractivity contribution in [1.29, 1.82) is 0 Å². The van der Waals surface area contributed by atoms with Crippen molar-refractivity contribution in [2.75, 3.05) is 6.61 Å². The summed E-state index contributed by atoms with van der Waals surface area (Å²) in [5.74, 6) is 0.243. The molecule has 2 aliphatic carbocycles. The normalized spacial score (nSPS) is 59.2. The average molecular weight is 116 g/mol. The van der Waals surface area contributed by atoms with Crippen LogP contribution in [0, 0.1) is 11.3 Å². The highest BCUT2D eigenvalue weighted by Crippen LogP contribution is 2.68. The van der Waals surface area contributed by atoms with E-state index in [1.165, 1.54) is 0 Å². The van der Waals surface area contributed by atoms with Gasteiger partial charge in [0.25, 0.3) is 0 Å². The van der Waals surface area contributed by atoms with E-state index in [1.54, 1.807) is 0 Å². The maximum atomic E-state index is 12.3. The molecule has 2 rings (SSSR count). The van der Waals surface area contributed by atoms with Crippen LogP contribution in [0.15, 0.2) is 0 Å². The number of fused-ring (bicyclic) bond motifs is 1. The van der Waals surface area contributed by atoms with E-state index in [2.05, 4.69) is 0 Å². The molecule has 2 saturated carbocycles. The van der Waals surface area contributed by atoms with Gasteiger partial charge in [-0.2, -0.15) is 0 Å². The van der Waals surface area contributed by atoms with E-state index in [4.69, 9.17) is 5.11 Å². The molecule has 0 aromatic heterocycles. The maximum Gasteiger partial charge on any atom is 0.104 e. The van der Waals surface area contributed by atoms with E-state index in [0.29, 0.717) is 6.42 Å². The Morgan fingerprint density at radius 3 is 2.50 bits per heavy atom. The fourth-order valence-corrected chi connectivity index (χ4v) is 1.74. The van der Waals surface area contributed by atoms with Gasteiger partial charge in [-0.1, -0.05) is 0 Å². The number of hydrogen-bond donors (Lipinski definition) is 1. The predicted molar refractivity (Wildman–Crippen MR) is 27.1 cm³/mol. The monoisotopic (exact) mass is 116 g/mol. The second-order valence-corrected chi connectivity index (χ2v) is 3.05. The molecule has 2 aliphatic rings. The van der Waals surface area contributed by atoms with Crippen molar-refractivity contribution in [3.05, 3.63) is 0 Å². The lowest BCUT2D eigenvalue weighted by Crippen LogP contribution is -2.30. The van der Waals surface area contributed by atoms with Gasteiger partial charge < -0.3 is 5.11 Å². The summed E-state index contributed by atoms with van der Waals surface area (Å²) in [6.45, 7) is 0.206. The van der Waals surface area contributed by atoms with Gasteiger partial charge >= 0.3 is 0 Å². The summed E-state index contributed by atoms with van der Waals surface area (Å²) in [4.78, 5) is 0. The Labute approximate surface area is 47.5 Å². The van der Waals surface area contributed by atoms with Crippen molar-refractivity contribution in [3.63, 3.8) is 0 Å². The minimum atomic E-state index is -0.581. The van der Waals surface area contributed by atoms with Gasteiger partial charge in [-0.25, -0.2) is 4.39 Å². The zero-order valence-electron chi connectivity index (χ0n) is 4.60. The molecule has 2 fully saturated rings. The first-order chi connectivity index (χ1) is 3.78. The molecule has 2 heteroatoms. The van der Waals surface area contributed by atoms with Crippen molar-refractivity contribution < 1.29 is 9.50 Å². The molecule has 46 valence electrons. The van der Waals surface area contributed by atoms with Crippen LogP contribution in [-0.4, -0.2) is 17.9 Å². The van der Waals surface area contributed by atoms with Gasteiger partial charge in [-0.3, -0.25) is 0 Å². The summed E-state index contributed by atoms with van der Waals surface area (Å²) in [7, 11) is 0. The number of halogens is 1. The minimum absolute atomic E-state index is 0.0828. The summed E-state index contributed by atoms with van der Waals surface area (Å²) >= 11 is 0. The zero-order valence-corrected chi connectivity index (χ0v) is 4.60. The third-order valence-electron chi connectivity index (χ3n) is 2.61. The Hall–Kier alpha value is -0.110. The second kappa shape index (κ2) is 1.08. The van der Waals surface area contributed by atoms with Crippen LogP contribution in [0.25, 0.3) is 0 Å². The first-order valence-electron chi connectivity index (χ1n) is 3.03. The molecule has 0 aromatic carbocycles. The lowest BCUT2D eigenvalue weighted by Gasteiger charge is -2.26. The number of alkyl halides is 1. The smallest absolute Gasteiger partial charge is 0.104 e. The van der Waals surface area contributed by atoms with Gasteiger partial charge in [-0.05, 0) is 18.8 Å². The average Bonchev–Trinajstić information content (AvgIpc) is 2.36. The van der Waals surface area contributed by atoms with Crippen molar-refractivity contribution in [2.45, 2.75) is 19.0 Å². The van der Waals surface area contributed by atoms with E-state index in [9.17, 15) is 4.39 Å². The van der Waals surface area contributed by atoms with Crippen LogP contribution in [0.2, 0.25) is 0 Å². The summed E-state index contributed by atoms with van der Waals surface area (Å²) < 4.78 is 12.3. The van der Waals surface area contributed by atoms with Gasteiger partial charge in [-0.15, -0.1) is 0 Å². The van der Waals surface area contributed by atoms with Crippen LogP contribution in [-0.2, 0) is 0 Å². The molecule has 0 heterocycles. The van der Waals surface area contributed by atoms with Gasteiger partial charge in [0.1, 0.15) is 6.17 Å². The SMILES string of the molecule is OCC12CC(F)C1C2. The van der Waals surface area contributed by atoms with E-state index < -0.39 is 6.17 Å². The Morgan fingerprint density at radius 2 is 2.38 bits per heavy atom. The Bertz CT molecular complexity index is 126. The van der Waals surface area contributed by atoms with E-state index in [1.807, 2.05) is 0 Å². The maximum absolute atomic E-state index is 12.3. The summed E-state index contributed by atoms with van der Waals surface area (Å²) in [6, 6.07) is 0. The van der Waals surface area contributed by atoms with Gasteiger partial charge in [0.2, 0.25) is 0 Å². The molecule has 0 saturated heterocycles. The van der Waals surface area contributed by atoms with Crippen molar-refractivity contribution in [3.8, 4) is 0 Å². The lowest BCUT2D eigenvalue weighted by atomic mass is 9.84. The molecule has 0 spiro atoms. The molecule has 0 aliphatic heterocycles. The van der Waals surface area contributed by atoms with E-state index in [0.717, 1.165) is 6.42 Å². The highest BCUT2D eigenvalue weighted by atomic mass is 19.1. The van der Waals surface area contributed by atoms with E-state index >= 15 is 0 Å². The molecule has 1 N–H and O–H groups in total. The van der Waals surface area contributed by atoms with Crippen LogP contribution in [0.4, 0.5) is 4.39 Å². The van der Waals surface area contributed by atoms with Gasteiger partial charge in [0.15, 0.2) is 0 Å². The van der Waals surface area contributed by atoms with Gasteiger partial charge in [0, 0.05) is 12.0 Å². The van der Waals surface area contributed by atoms with Crippen LogP contribution in [0.3, 0.4) is 0 Å². The number of aliphatic hydroxyl groups excluding tert-OH is 1. The van der Waals surface area contributed by atoms with Crippen molar-refractivity contribution >= 4 is 0 Å². The van der Waals surface area contributed by atoms with Crippen LogP contribution < -0.4 is 0 Å². The van der Waals surface area contributed by atoms with Crippen LogP contribution in [0.1, 0.15) is 12.8 Å². The Kier molecular flexibility index (Phi) is 0.639. The van der Waals surface area contributed by atoms with Gasteiger partial charge in [0.05, 0.1) is 0 Å². The van der Waals surface area contributed by atoms with Crippen molar-refractivity contribution in [1.82, 2.24) is 0 Å². The van der Waals surface area contributed by atoms with Crippen LogP contribution >= 0.6 is 0 Å². The lowest BCUT2D eigenvalue weighted by molar-refractivity contribution is 0.0653. The predicted octanol–water partition coefficient (Wildman–Crippen LogP) is 0.727. The summed E-state index contributed by atoms with van der Waals surface area (Å²) in [5, 5.41) is 8.64. The molecule has 0 aromatic rings. The third-order valence-corrected chi connectivity index (χ3v) is 2.61. The first-order valence-corrected chi connectivity index (χ1v) is 3.03. The molecule has 3 atom stereocenters. The third kappa shape index (κ3) is 0.323. The van der Waals surface area contributed by atoms with Crippen LogP contribution in [0.5, 0.6) is 0 Å². The quantitative estimate of drug-likeness (QED) is 0.535. The standard InChI is InChI=1S/C6H9FO/c7-5-2-6(3-8)1-4(5)6/h4-5,8H,1-3H2. The zero-order chi connectivity index (χ0) is 5.78. The van der Waals surface area contributed by atoms with E-state index in [-0.39, 0.29) is 17.9 Å². The first kappa shape index (κ1) is 4.74. The molecule has 8 heavy (non-hydrogen) atoms. The number of hydrogen-bond acceptors (Lipinski definition) is 1. The number of aliphatic hydroxyl groups is 1. The molecule has 3 unspecified atom stereocenters. The highest BCUT2D eigenvalue weighted by Gasteiger charge is 2.67. The largest absolute Gasteiger partial charge is 0.396 e. The number of rotatable bonds is 1. The Morgan fingerprint density at radius 1 is 1.62 bits per heavy atom. The highest BCUT2D eigenvalue weighted by molar-refractivity contribution is 5.15. The molecule has 1 nitrogen and oxygen atoms in total. The molecule has 0 radical (unpaired) electrons. The molecule has 0 amide bonds. The minimum Gasteiger partial charge on any atom is -0.396 e. The molecular formula is C6H9FO. The Balaban J connectivity index is 2.02. The summed E-state index contributed by atoms with van der Waals surface area (Å²) in [5.41, 5.74) is 0.0828. The fraction of sp³-hybridized carbons (Fsp3) is 1.00. The summed E-state index contributed by atoms with van der Waals surface area (Å²) in [6.07, 6.45) is 0.973. The second-order valence-electron chi connectivity index (χ2n) is 3.05. The molecular weight excluding hydrogens is 107 g/mol. The molecule has 0 bridgehead atoms. The topological polar surface area (TPSA) is 20.2 Å². The fourth-order valence-electron chi connectivity index (χ4n) is 1.74.